The summed E-state index contributed by atoms with van der Waals surface area (Å²) in [5.41, 5.74) is 0. The van der Waals surface area contributed by atoms with Gasteiger partial charge < -0.3 is 9.84 Å². The number of likely N-dealkylation sites (tertiary alicyclic amines) is 1. The van der Waals surface area contributed by atoms with Gasteiger partial charge in [0, 0.05) is 6.54 Å². The van der Waals surface area contributed by atoms with Crippen LogP contribution in [0.4, 0.5) is 4.39 Å². The van der Waals surface area contributed by atoms with E-state index in [1.54, 1.807) is 18.2 Å². The highest BCUT2D eigenvalue weighted by atomic mass is 19.1. The van der Waals surface area contributed by atoms with Crippen molar-refractivity contribution in [2.24, 2.45) is 0 Å². The Labute approximate surface area is 111 Å². The standard InChI is InChI=1S/C14H18FNO3/c15-11-5-1-2-7-13(11)19-10-9-16-8-4-3-6-12(16)14(17)18/h1-2,5,7,12H,3-4,6,8-10H2,(H,17,18). The van der Waals surface area contributed by atoms with E-state index in [-0.39, 0.29) is 5.75 Å². The van der Waals surface area contributed by atoms with E-state index in [9.17, 15) is 9.18 Å². The number of ether oxygens (including phenoxy) is 1. The van der Waals surface area contributed by atoms with Gasteiger partial charge in [-0.2, -0.15) is 0 Å². The molecule has 104 valence electrons. The number of hydrogen-bond donors (Lipinski definition) is 1. The van der Waals surface area contributed by atoms with Gasteiger partial charge in [0.25, 0.3) is 0 Å². The second-order valence-electron chi connectivity index (χ2n) is 4.66. The van der Waals surface area contributed by atoms with Gasteiger partial charge in [-0.25, -0.2) is 4.39 Å². The quantitative estimate of drug-likeness (QED) is 0.888. The lowest BCUT2D eigenvalue weighted by atomic mass is 10.0. The van der Waals surface area contributed by atoms with E-state index in [0.29, 0.717) is 19.6 Å². The zero-order chi connectivity index (χ0) is 13.7. The van der Waals surface area contributed by atoms with Gasteiger partial charge in [-0.15, -0.1) is 0 Å². The third kappa shape index (κ3) is 3.67. The molecule has 1 saturated heterocycles. The first-order chi connectivity index (χ1) is 9.18. The maximum absolute atomic E-state index is 13.3. The molecule has 5 heteroatoms. The maximum Gasteiger partial charge on any atom is 0.320 e. The predicted octanol–water partition coefficient (Wildman–Crippen LogP) is 2.14. The molecule has 1 N–H and O–H groups in total. The average molecular weight is 267 g/mol. The average Bonchev–Trinajstić information content (AvgIpc) is 2.41. The van der Waals surface area contributed by atoms with E-state index in [1.165, 1.54) is 6.07 Å². The number of aliphatic carboxylic acids is 1. The van der Waals surface area contributed by atoms with Gasteiger partial charge in [0.15, 0.2) is 11.6 Å². The summed E-state index contributed by atoms with van der Waals surface area (Å²) in [4.78, 5) is 13.0. The Morgan fingerprint density at radius 3 is 2.95 bits per heavy atom. The van der Waals surface area contributed by atoms with Gasteiger partial charge in [0.1, 0.15) is 12.6 Å². The lowest BCUT2D eigenvalue weighted by Gasteiger charge is -2.32. The highest BCUT2D eigenvalue weighted by Gasteiger charge is 2.27. The van der Waals surface area contributed by atoms with Gasteiger partial charge in [-0.3, -0.25) is 9.69 Å². The molecule has 1 heterocycles. The van der Waals surface area contributed by atoms with Crippen LogP contribution in [0.5, 0.6) is 5.75 Å². The maximum atomic E-state index is 13.3. The second kappa shape index (κ2) is 6.52. The van der Waals surface area contributed by atoms with Crippen LogP contribution >= 0.6 is 0 Å². The number of benzene rings is 1. The van der Waals surface area contributed by atoms with Gasteiger partial charge >= 0.3 is 5.97 Å². The Balaban J connectivity index is 1.84. The fraction of sp³-hybridized carbons (Fsp3) is 0.500. The van der Waals surface area contributed by atoms with Crippen molar-refractivity contribution >= 4 is 5.97 Å². The van der Waals surface area contributed by atoms with Crippen LogP contribution in [0.3, 0.4) is 0 Å². The van der Waals surface area contributed by atoms with Crippen LogP contribution in [0.15, 0.2) is 24.3 Å². The molecule has 1 aromatic carbocycles. The summed E-state index contributed by atoms with van der Waals surface area (Å²) in [6, 6.07) is 5.79. The fourth-order valence-corrected chi connectivity index (χ4v) is 2.37. The molecule has 19 heavy (non-hydrogen) atoms. The molecular weight excluding hydrogens is 249 g/mol. The first-order valence-electron chi connectivity index (χ1n) is 6.52. The zero-order valence-corrected chi connectivity index (χ0v) is 10.7. The molecule has 0 amide bonds. The summed E-state index contributed by atoms with van der Waals surface area (Å²) in [5, 5.41) is 9.13. The van der Waals surface area contributed by atoms with Crippen molar-refractivity contribution in [3.05, 3.63) is 30.1 Å². The smallest absolute Gasteiger partial charge is 0.320 e. The Kier molecular flexibility index (Phi) is 4.74. The number of rotatable bonds is 5. The Hall–Kier alpha value is -1.62. The van der Waals surface area contributed by atoms with E-state index in [4.69, 9.17) is 9.84 Å². The summed E-state index contributed by atoms with van der Waals surface area (Å²) in [5.74, 6) is -0.965. The van der Waals surface area contributed by atoms with E-state index in [0.717, 1.165) is 19.4 Å². The lowest BCUT2D eigenvalue weighted by molar-refractivity contribution is -0.144. The molecular formula is C14H18FNO3. The highest BCUT2D eigenvalue weighted by Crippen LogP contribution is 2.18. The fourth-order valence-electron chi connectivity index (χ4n) is 2.37. The first-order valence-corrected chi connectivity index (χ1v) is 6.52. The normalized spacial score (nSPS) is 20.2. The minimum Gasteiger partial charge on any atom is -0.489 e. The predicted molar refractivity (Wildman–Crippen MR) is 68.7 cm³/mol. The van der Waals surface area contributed by atoms with Crippen LogP contribution in [0, 0.1) is 5.82 Å². The second-order valence-corrected chi connectivity index (χ2v) is 4.66. The van der Waals surface area contributed by atoms with Crippen molar-refractivity contribution in [1.29, 1.82) is 0 Å². The van der Waals surface area contributed by atoms with Crippen molar-refractivity contribution in [3.8, 4) is 5.75 Å². The summed E-state index contributed by atoms with van der Waals surface area (Å²) < 4.78 is 18.7. The molecule has 0 bridgehead atoms. The highest BCUT2D eigenvalue weighted by molar-refractivity contribution is 5.73. The van der Waals surface area contributed by atoms with E-state index < -0.39 is 17.8 Å². The largest absolute Gasteiger partial charge is 0.489 e. The molecule has 1 unspecified atom stereocenters. The zero-order valence-electron chi connectivity index (χ0n) is 10.7. The molecule has 1 atom stereocenters. The molecule has 0 spiro atoms. The van der Waals surface area contributed by atoms with Gasteiger partial charge in [0.2, 0.25) is 0 Å². The van der Waals surface area contributed by atoms with Gasteiger partial charge in [-0.1, -0.05) is 18.6 Å². The number of carbonyl (C=O) groups is 1. The van der Waals surface area contributed by atoms with Crippen molar-refractivity contribution in [2.75, 3.05) is 19.7 Å². The molecule has 0 saturated carbocycles. The Morgan fingerprint density at radius 2 is 2.21 bits per heavy atom. The summed E-state index contributed by atoms with van der Waals surface area (Å²) in [6.07, 6.45) is 2.63. The summed E-state index contributed by atoms with van der Waals surface area (Å²) in [6.45, 7) is 1.56. The SMILES string of the molecule is O=C(O)C1CCCCN1CCOc1ccccc1F. The number of para-hydroxylation sites is 1. The van der Waals surface area contributed by atoms with Gasteiger partial charge in [-0.05, 0) is 31.5 Å². The van der Waals surface area contributed by atoms with E-state index in [1.807, 2.05) is 4.90 Å². The van der Waals surface area contributed by atoms with E-state index in [2.05, 4.69) is 0 Å². The van der Waals surface area contributed by atoms with Crippen molar-refractivity contribution < 1.29 is 19.0 Å². The molecule has 1 aliphatic rings. The molecule has 1 fully saturated rings. The number of halogens is 1. The molecule has 0 radical (unpaired) electrons. The number of piperidine rings is 1. The summed E-state index contributed by atoms with van der Waals surface area (Å²) in [7, 11) is 0. The molecule has 2 rings (SSSR count). The van der Waals surface area contributed by atoms with Crippen LogP contribution < -0.4 is 4.74 Å². The minimum atomic E-state index is -0.786. The molecule has 0 aromatic heterocycles. The number of hydrogen-bond acceptors (Lipinski definition) is 3. The Morgan fingerprint density at radius 1 is 1.42 bits per heavy atom. The number of carboxylic acid groups (broad SMARTS) is 1. The van der Waals surface area contributed by atoms with E-state index >= 15 is 0 Å². The number of carboxylic acids is 1. The molecule has 0 aliphatic carbocycles. The van der Waals surface area contributed by atoms with Gasteiger partial charge in [0.05, 0.1) is 0 Å². The molecule has 1 aliphatic heterocycles. The van der Waals surface area contributed by atoms with Crippen molar-refractivity contribution in [2.45, 2.75) is 25.3 Å². The third-order valence-electron chi connectivity index (χ3n) is 3.37. The van der Waals surface area contributed by atoms with Crippen LogP contribution in [-0.4, -0.2) is 41.7 Å². The van der Waals surface area contributed by atoms with Crippen molar-refractivity contribution in [1.82, 2.24) is 4.90 Å². The number of nitrogens with zero attached hydrogens (tertiary/aromatic N) is 1. The topological polar surface area (TPSA) is 49.8 Å². The summed E-state index contributed by atoms with van der Waals surface area (Å²) >= 11 is 0. The van der Waals surface area contributed by atoms with Crippen LogP contribution in [-0.2, 0) is 4.79 Å². The molecule has 1 aromatic rings. The van der Waals surface area contributed by atoms with Crippen LogP contribution in [0.25, 0.3) is 0 Å². The Bertz CT molecular complexity index is 438. The third-order valence-corrected chi connectivity index (χ3v) is 3.37. The lowest BCUT2D eigenvalue weighted by Crippen LogP contribution is -2.46. The van der Waals surface area contributed by atoms with Crippen LogP contribution in [0.1, 0.15) is 19.3 Å². The molecule has 4 nitrogen and oxygen atoms in total. The minimum absolute atomic E-state index is 0.214. The van der Waals surface area contributed by atoms with Crippen LogP contribution in [0.2, 0.25) is 0 Å². The van der Waals surface area contributed by atoms with Crippen molar-refractivity contribution in [3.63, 3.8) is 0 Å². The first kappa shape index (κ1) is 13.8. The monoisotopic (exact) mass is 267 g/mol.